The van der Waals surface area contributed by atoms with Crippen molar-refractivity contribution in [3.8, 4) is 11.1 Å². The van der Waals surface area contributed by atoms with Crippen LogP contribution in [0.25, 0.3) is 11.1 Å². The largest absolute Gasteiger partial charge is 0.469 e. The molecular formula is C19H23N3O5. The third-order valence-electron chi connectivity index (χ3n) is 5.14. The number of nitro benzene ring substituents is 1. The van der Waals surface area contributed by atoms with Crippen LogP contribution in [-0.2, 0) is 9.53 Å². The zero-order chi connectivity index (χ0) is 19.6. The molecule has 8 heteroatoms. The van der Waals surface area contributed by atoms with Crippen LogP contribution in [0.3, 0.4) is 0 Å². The fourth-order valence-corrected chi connectivity index (χ4v) is 3.72. The van der Waals surface area contributed by atoms with Gasteiger partial charge in [-0.2, -0.15) is 0 Å². The fourth-order valence-electron chi connectivity index (χ4n) is 3.72. The molecule has 0 saturated heterocycles. The monoisotopic (exact) mass is 373 g/mol. The average molecular weight is 373 g/mol. The SMILES string of the molecule is COC(=O)[C@H]1CC[C@H](Nc2ccc(-c3c(C)noc3C)cc2[N+](=O)[O-])CC1. The van der Waals surface area contributed by atoms with Crippen LogP contribution >= 0.6 is 0 Å². The molecule has 1 saturated carbocycles. The molecule has 0 spiro atoms. The smallest absolute Gasteiger partial charge is 0.308 e. The van der Waals surface area contributed by atoms with Crippen molar-refractivity contribution in [2.45, 2.75) is 45.6 Å². The number of nitro groups is 1. The number of esters is 1. The van der Waals surface area contributed by atoms with Crippen LogP contribution in [0.4, 0.5) is 11.4 Å². The Morgan fingerprint density at radius 2 is 2.00 bits per heavy atom. The van der Waals surface area contributed by atoms with Gasteiger partial charge in [0.25, 0.3) is 5.69 Å². The molecule has 1 N–H and O–H groups in total. The Kier molecular flexibility index (Phi) is 5.43. The Labute approximate surface area is 157 Å². The fraction of sp³-hybridized carbons (Fsp3) is 0.474. The number of rotatable bonds is 5. The molecule has 3 rings (SSSR count). The maximum absolute atomic E-state index is 11.6. The van der Waals surface area contributed by atoms with Crippen LogP contribution in [0.15, 0.2) is 22.7 Å². The normalized spacial score (nSPS) is 19.5. The summed E-state index contributed by atoms with van der Waals surface area (Å²) in [6.45, 7) is 3.59. The lowest BCUT2D eigenvalue weighted by atomic mass is 9.86. The van der Waals surface area contributed by atoms with Crippen LogP contribution in [0.2, 0.25) is 0 Å². The molecular weight excluding hydrogens is 350 g/mol. The predicted molar refractivity (Wildman–Crippen MR) is 99.5 cm³/mol. The number of methoxy groups -OCH3 is 1. The number of anilines is 1. The van der Waals surface area contributed by atoms with Crippen LogP contribution in [-0.4, -0.2) is 29.2 Å². The maximum atomic E-state index is 11.6. The number of nitrogens with zero attached hydrogens (tertiary/aromatic N) is 2. The minimum Gasteiger partial charge on any atom is -0.469 e. The van der Waals surface area contributed by atoms with Crippen molar-refractivity contribution < 1.29 is 19.0 Å². The van der Waals surface area contributed by atoms with Gasteiger partial charge in [-0.1, -0.05) is 11.2 Å². The Bertz CT molecular complexity index is 834. The van der Waals surface area contributed by atoms with E-state index < -0.39 is 0 Å². The number of ether oxygens (including phenoxy) is 1. The van der Waals surface area contributed by atoms with Crippen molar-refractivity contribution >= 4 is 17.3 Å². The van der Waals surface area contributed by atoms with Gasteiger partial charge in [-0.3, -0.25) is 14.9 Å². The Balaban J connectivity index is 1.79. The molecule has 0 unspecified atom stereocenters. The van der Waals surface area contributed by atoms with Gasteiger partial charge in [0.05, 0.1) is 23.6 Å². The van der Waals surface area contributed by atoms with Gasteiger partial charge in [0.1, 0.15) is 11.4 Å². The standard InChI is InChI=1S/C19H23N3O5/c1-11-18(12(2)27-21-11)14-6-9-16(17(10-14)22(24)25)20-15-7-4-13(5-8-15)19(23)26-3/h6,9-10,13,15,20H,4-5,7-8H2,1-3H3/t13-,15-. The molecule has 0 atom stereocenters. The maximum Gasteiger partial charge on any atom is 0.308 e. The highest BCUT2D eigenvalue weighted by Gasteiger charge is 2.28. The van der Waals surface area contributed by atoms with Gasteiger partial charge in [-0.05, 0) is 51.2 Å². The molecule has 1 aromatic carbocycles. The molecule has 144 valence electrons. The summed E-state index contributed by atoms with van der Waals surface area (Å²) in [6.07, 6.45) is 2.97. The molecule has 1 fully saturated rings. The van der Waals surface area contributed by atoms with E-state index in [0.29, 0.717) is 22.7 Å². The lowest BCUT2D eigenvalue weighted by Gasteiger charge is -2.28. The molecule has 1 aromatic heterocycles. The van der Waals surface area contributed by atoms with E-state index in [4.69, 9.17) is 9.26 Å². The first-order chi connectivity index (χ1) is 12.9. The predicted octanol–water partition coefficient (Wildman–Crippen LogP) is 4.01. The highest BCUT2D eigenvalue weighted by molar-refractivity contribution is 5.76. The third kappa shape index (κ3) is 3.94. The third-order valence-corrected chi connectivity index (χ3v) is 5.14. The van der Waals surface area contributed by atoms with Crippen molar-refractivity contribution in [1.29, 1.82) is 0 Å². The Morgan fingerprint density at radius 1 is 1.30 bits per heavy atom. The Hall–Kier alpha value is -2.90. The topological polar surface area (TPSA) is 108 Å². The number of hydrogen-bond donors (Lipinski definition) is 1. The highest BCUT2D eigenvalue weighted by atomic mass is 16.6. The van der Waals surface area contributed by atoms with E-state index in [1.165, 1.54) is 7.11 Å². The Morgan fingerprint density at radius 3 is 2.56 bits per heavy atom. The summed E-state index contributed by atoms with van der Waals surface area (Å²) in [5.74, 6) is 0.372. The number of carbonyl (C=O) groups excluding carboxylic acids is 1. The lowest BCUT2D eigenvalue weighted by molar-refractivity contribution is -0.383. The summed E-state index contributed by atoms with van der Waals surface area (Å²) in [5.41, 5.74) is 2.68. The van der Waals surface area contributed by atoms with E-state index in [-0.39, 0.29) is 28.5 Å². The van der Waals surface area contributed by atoms with Crippen molar-refractivity contribution in [3.63, 3.8) is 0 Å². The molecule has 1 aliphatic carbocycles. The summed E-state index contributed by atoms with van der Waals surface area (Å²) in [7, 11) is 1.40. The quantitative estimate of drug-likeness (QED) is 0.479. The number of benzene rings is 1. The zero-order valence-corrected chi connectivity index (χ0v) is 15.7. The van der Waals surface area contributed by atoms with Crippen molar-refractivity contribution in [3.05, 3.63) is 39.8 Å². The van der Waals surface area contributed by atoms with E-state index in [0.717, 1.165) is 31.2 Å². The van der Waals surface area contributed by atoms with E-state index in [2.05, 4.69) is 10.5 Å². The molecule has 1 heterocycles. The van der Waals surface area contributed by atoms with Crippen LogP contribution in [0.1, 0.15) is 37.1 Å². The zero-order valence-electron chi connectivity index (χ0n) is 15.7. The number of hydrogen-bond acceptors (Lipinski definition) is 7. The molecule has 8 nitrogen and oxygen atoms in total. The van der Waals surface area contributed by atoms with Crippen LogP contribution in [0, 0.1) is 29.9 Å². The van der Waals surface area contributed by atoms with Gasteiger partial charge in [0.2, 0.25) is 0 Å². The van der Waals surface area contributed by atoms with Crippen LogP contribution < -0.4 is 5.32 Å². The first-order valence-electron chi connectivity index (χ1n) is 8.96. The minimum absolute atomic E-state index is 0.0163. The van der Waals surface area contributed by atoms with E-state index in [9.17, 15) is 14.9 Å². The number of carbonyl (C=O) groups is 1. The van der Waals surface area contributed by atoms with E-state index in [1.54, 1.807) is 19.1 Å². The van der Waals surface area contributed by atoms with Crippen LogP contribution in [0.5, 0.6) is 0 Å². The number of aromatic nitrogens is 1. The molecule has 0 aliphatic heterocycles. The summed E-state index contributed by atoms with van der Waals surface area (Å²) in [5, 5.41) is 18.8. The number of aryl methyl sites for hydroxylation is 2. The van der Waals surface area contributed by atoms with Gasteiger partial charge >= 0.3 is 5.97 Å². The molecule has 0 amide bonds. The highest BCUT2D eigenvalue weighted by Crippen LogP contribution is 2.35. The van der Waals surface area contributed by atoms with Crippen molar-refractivity contribution in [2.24, 2.45) is 5.92 Å². The van der Waals surface area contributed by atoms with Gasteiger partial charge in [0, 0.05) is 17.7 Å². The second-order valence-electron chi connectivity index (χ2n) is 6.90. The minimum atomic E-state index is -0.385. The summed E-state index contributed by atoms with van der Waals surface area (Å²) >= 11 is 0. The first kappa shape index (κ1) is 18.9. The molecule has 0 bridgehead atoms. The van der Waals surface area contributed by atoms with Gasteiger partial charge in [-0.25, -0.2) is 0 Å². The van der Waals surface area contributed by atoms with Crippen molar-refractivity contribution in [1.82, 2.24) is 5.16 Å². The summed E-state index contributed by atoms with van der Waals surface area (Å²) in [6, 6.07) is 5.21. The van der Waals surface area contributed by atoms with Gasteiger partial charge in [-0.15, -0.1) is 0 Å². The van der Waals surface area contributed by atoms with E-state index in [1.807, 2.05) is 13.0 Å². The molecule has 1 aliphatic rings. The molecule has 27 heavy (non-hydrogen) atoms. The second-order valence-corrected chi connectivity index (χ2v) is 6.90. The number of nitrogens with one attached hydrogen (secondary N) is 1. The summed E-state index contributed by atoms with van der Waals surface area (Å²) < 4.78 is 9.97. The lowest BCUT2D eigenvalue weighted by Crippen LogP contribution is -2.30. The van der Waals surface area contributed by atoms with Gasteiger partial charge in [0.15, 0.2) is 0 Å². The molecule has 0 radical (unpaired) electrons. The van der Waals surface area contributed by atoms with Crippen molar-refractivity contribution in [2.75, 3.05) is 12.4 Å². The average Bonchev–Trinajstić information content (AvgIpc) is 3.00. The summed E-state index contributed by atoms with van der Waals surface area (Å²) in [4.78, 5) is 22.9. The van der Waals surface area contributed by atoms with E-state index >= 15 is 0 Å². The van der Waals surface area contributed by atoms with Gasteiger partial charge < -0.3 is 14.6 Å². The molecule has 2 aromatic rings. The second kappa shape index (κ2) is 7.77. The first-order valence-corrected chi connectivity index (χ1v) is 8.96.